The van der Waals surface area contributed by atoms with Gasteiger partial charge in [0.05, 0.1) is 25.1 Å². The van der Waals surface area contributed by atoms with Crippen LogP contribution in [0.5, 0.6) is 0 Å². The van der Waals surface area contributed by atoms with E-state index in [0.29, 0.717) is 50.4 Å². The Bertz CT molecular complexity index is 882. The first kappa shape index (κ1) is 27.3. The molecule has 1 aromatic heterocycles. The summed E-state index contributed by atoms with van der Waals surface area (Å²) in [5, 5.41) is 18.6. The number of pyridine rings is 1. The third-order valence-corrected chi connectivity index (χ3v) is 6.29. The molecule has 11 nitrogen and oxygen atoms in total. The monoisotopic (exact) mass is 547 g/mol. The normalized spacial score (nSPS) is 19.8. The van der Waals surface area contributed by atoms with Gasteiger partial charge in [-0.3, -0.25) is 24.0 Å². The summed E-state index contributed by atoms with van der Waals surface area (Å²) < 4.78 is 12.7. The van der Waals surface area contributed by atoms with Crippen LogP contribution in [0.4, 0.5) is 0 Å². The smallest absolute Gasteiger partial charge is 0.323 e. The summed E-state index contributed by atoms with van der Waals surface area (Å²) >= 11 is 3.36. The molecule has 1 aromatic rings. The number of nitrogens with zero attached hydrogens (tertiary/aromatic N) is 5. The molecule has 1 atom stereocenters. The topological polar surface area (TPSA) is 138 Å². The van der Waals surface area contributed by atoms with Crippen molar-refractivity contribution in [3.63, 3.8) is 0 Å². The average Bonchev–Trinajstić information content (AvgIpc) is 2.68. The second kappa shape index (κ2) is 13.0. The maximum Gasteiger partial charge on any atom is 0.323 e. The van der Waals surface area contributed by atoms with Crippen molar-refractivity contribution in [1.82, 2.24) is 24.6 Å². The fraction of sp³-hybridized carbons (Fsp3) is 0.550. The molecular formula is C20H31BrN5O6P. The van der Waals surface area contributed by atoms with Gasteiger partial charge in [0.15, 0.2) is 0 Å². The molecule has 3 N–H and O–H groups in total. The van der Waals surface area contributed by atoms with Gasteiger partial charge in [-0.15, -0.1) is 0 Å². The number of rotatable bonds is 8. The van der Waals surface area contributed by atoms with Crippen LogP contribution in [0.2, 0.25) is 0 Å². The van der Waals surface area contributed by atoms with Gasteiger partial charge in [-0.05, 0) is 28.1 Å². The molecule has 33 heavy (non-hydrogen) atoms. The molecule has 0 amide bonds. The van der Waals surface area contributed by atoms with Crippen molar-refractivity contribution in [2.75, 3.05) is 65.3 Å². The summed E-state index contributed by atoms with van der Waals surface area (Å²) in [6, 6.07) is 5.59. The zero-order chi connectivity index (χ0) is 24.4. The number of halogens is 1. The fourth-order valence-electron chi connectivity index (χ4n) is 3.43. The highest BCUT2D eigenvalue weighted by Gasteiger charge is 2.20. The van der Waals surface area contributed by atoms with Crippen molar-refractivity contribution < 1.29 is 29.3 Å². The Labute approximate surface area is 201 Å². The number of hydrogen-bond acceptors (Lipinski definition) is 8. The predicted octanol–water partition coefficient (Wildman–Crippen LogP) is 1.06. The molecule has 0 bridgehead atoms. The zero-order valence-corrected chi connectivity index (χ0v) is 21.1. The molecule has 1 unspecified atom stereocenters. The van der Waals surface area contributed by atoms with Crippen LogP contribution in [0.1, 0.15) is 5.69 Å². The number of carbonyl (C=O) groups is 2. The first-order chi connectivity index (χ1) is 15.5. The minimum atomic E-state index is -3.34. The molecule has 0 aliphatic carbocycles. The van der Waals surface area contributed by atoms with Gasteiger partial charge in [0.25, 0.3) is 0 Å². The third-order valence-electron chi connectivity index (χ3n) is 4.93. The third kappa shape index (κ3) is 11.6. The summed E-state index contributed by atoms with van der Waals surface area (Å²) in [6.45, 7) is 3.83. The molecule has 0 aromatic carbocycles. The van der Waals surface area contributed by atoms with E-state index >= 15 is 0 Å². The highest BCUT2D eigenvalue weighted by atomic mass is 79.9. The lowest BCUT2D eigenvalue weighted by Crippen LogP contribution is -2.44. The Morgan fingerprint density at radius 1 is 0.970 bits per heavy atom. The van der Waals surface area contributed by atoms with Crippen molar-refractivity contribution in [1.29, 1.82) is 0 Å². The quantitative estimate of drug-likeness (QED) is 0.318. The molecule has 0 spiro atoms. The van der Waals surface area contributed by atoms with Crippen LogP contribution >= 0.6 is 23.3 Å². The van der Waals surface area contributed by atoms with Gasteiger partial charge in [-0.1, -0.05) is 6.07 Å². The molecule has 1 aliphatic rings. The SMILES string of the molecule is CP(=O)(O)CN1CCN(CC(=O)O)/C=C\N(Cc2cccc(Br)n2)CCN(CC(=O)O)CC1. The van der Waals surface area contributed by atoms with Crippen molar-refractivity contribution >= 4 is 35.2 Å². The first-order valence-electron chi connectivity index (χ1n) is 10.5. The van der Waals surface area contributed by atoms with Crippen molar-refractivity contribution in [2.45, 2.75) is 6.54 Å². The van der Waals surface area contributed by atoms with Crippen LogP contribution in [0.25, 0.3) is 0 Å². The number of carboxylic acid groups (broad SMARTS) is 2. The Morgan fingerprint density at radius 3 is 2.18 bits per heavy atom. The summed E-state index contributed by atoms with van der Waals surface area (Å²) in [6.07, 6.45) is 3.43. The van der Waals surface area contributed by atoms with Gasteiger partial charge in [0.2, 0.25) is 7.37 Å². The van der Waals surface area contributed by atoms with E-state index in [2.05, 4.69) is 20.9 Å². The Morgan fingerprint density at radius 2 is 1.55 bits per heavy atom. The van der Waals surface area contributed by atoms with Crippen molar-refractivity contribution in [2.24, 2.45) is 0 Å². The van der Waals surface area contributed by atoms with Crippen LogP contribution in [-0.2, 0) is 20.7 Å². The average molecular weight is 548 g/mol. The van der Waals surface area contributed by atoms with E-state index in [-0.39, 0.29) is 19.4 Å². The highest BCUT2D eigenvalue weighted by molar-refractivity contribution is 9.10. The van der Waals surface area contributed by atoms with E-state index < -0.39 is 19.3 Å². The lowest BCUT2D eigenvalue weighted by molar-refractivity contribution is -0.139. The van der Waals surface area contributed by atoms with Gasteiger partial charge in [-0.2, -0.15) is 0 Å². The van der Waals surface area contributed by atoms with Crippen LogP contribution < -0.4 is 0 Å². The molecule has 2 rings (SSSR count). The Balaban J connectivity index is 2.26. The lowest BCUT2D eigenvalue weighted by Gasteiger charge is -2.32. The highest BCUT2D eigenvalue weighted by Crippen LogP contribution is 2.35. The predicted molar refractivity (Wildman–Crippen MR) is 127 cm³/mol. The van der Waals surface area contributed by atoms with Crippen LogP contribution in [0, 0.1) is 0 Å². The van der Waals surface area contributed by atoms with E-state index in [4.69, 9.17) is 0 Å². The minimum absolute atomic E-state index is 0.0424. The summed E-state index contributed by atoms with van der Waals surface area (Å²) in [4.78, 5) is 44.2. The molecule has 0 saturated carbocycles. The second-order valence-electron chi connectivity index (χ2n) is 8.06. The number of aliphatic carboxylic acids is 2. The van der Waals surface area contributed by atoms with Gasteiger partial charge < -0.3 is 24.9 Å². The summed E-state index contributed by atoms with van der Waals surface area (Å²) in [5.41, 5.74) is 0.809. The molecule has 1 aliphatic heterocycles. The minimum Gasteiger partial charge on any atom is -0.480 e. The van der Waals surface area contributed by atoms with Crippen LogP contribution in [0.3, 0.4) is 0 Å². The van der Waals surface area contributed by atoms with Crippen molar-refractivity contribution in [3.05, 3.63) is 40.9 Å². The zero-order valence-electron chi connectivity index (χ0n) is 18.6. The maximum absolute atomic E-state index is 12.0. The maximum atomic E-state index is 12.0. The summed E-state index contributed by atoms with van der Waals surface area (Å²) in [5.74, 6) is -1.92. The van der Waals surface area contributed by atoms with E-state index in [0.717, 1.165) is 5.69 Å². The van der Waals surface area contributed by atoms with Crippen LogP contribution in [0.15, 0.2) is 35.2 Å². The number of aromatic nitrogens is 1. The van der Waals surface area contributed by atoms with E-state index in [1.54, 1.807) is 27.1 Å². The number of carboxylic acids is 2. The largest absolute Gasteiger partial charge is 0.480 e. The van der Waals surface area contributed by atoms with Gasteiger partial charge in [0.1, 0.15) is 11.1 Å². The standard InChI is InChI=1S/C20H31BrN5O6P/c1-33(31,32)16-26-11-9-24(14-19(27)28)7-5-23(13-17-3-2-4-18(21)22-17)6-8-25(10-12-26)15-20(29)30/h2-5,7H,6,8-16H2,1H3,(H,27,28)(H,29,30)(H,31,32)/b7-5-. The van der Waals surface area contributed by atoms with Gasteiger partial charge in [0, 0.05) is 58.3 Å². The molecule has 0 fully saturated rings. The molecule has 184 valence electrons. The fourth-order valence-corrected chi connectivity index (χ4v) is 4.83. The Hall–Kier alpha value is -1.98. The molecule has 0 radical (unpaired) electrons. The van der Waals surface area contributed by atoms with Crippen molar-refractivity contribution in [3.8, 4) is 0 Å². The summed E-state index contributed by atoms with van der Waals surface area (Å²) in [7, 11) is -3.34. The van der Waals surface area contributed by atoms with Crippen LogP contribution in [-0.4, -0.2) is 117 Å². The first-order valence-corrected chi connectivity index (χ1v) is 13.5. The van der Waals surface area contributed by atoms with E-state index in [1.165, 1.54) is 6.66 Å². The number of hydrogen-bond donors (Lipinski definition) is 3. The molecule has 13 heteroatoms. The van der Waals surface area contributed by atoms with E-state index in [9.17, 15) is 29.3 Å². The van der Waals surface area contributed by atoms with E-state index in [1.807, 2.05) is 23.1 Å². The van der Waals surface area contributed by atoms with Gasteiger partial charge >= 0.3 is 11.9 Å². The van der Waals surface area contributed by atoms with Gasteiger partial charge in [-0.25, -0.2) is 4.98 Å². The molecular weight excluding hydrogens is 517 g/mol. The molecule has 0 saturated heterocycles. The second-order valence-corrected chi connectivity index (χ2v) is 11.3. The lowest BCUT2D eigenvalue weighted by atomic mass is 10.3. The molecule has 2 heterocycles. The Kier molecular flexibility index (Phi) is 10.8.